The lowest BCUT2D eigenvalue weighted by molar-refractivity contribution is 0.0950. The van der Waals surface area contributed by atoms with Gasteiger partial charge >= 0.3 is 0 Å². The first-order valence-electron chi connectivity index (χ1n) is 6.51. The molecule has 2 N–H and O–H groups in total. The smallest absolute Gasteiger partial charge is 0.252 e. The minimum Gasteiger partial charge on any atom is -0.370 e. The van der Waals surface area contributed by atoms with Crippen molar-refractivity contribution in [2.75, 3.05) is 18.4 Å². The molecule has 1 unspecified atom stereocenters. The van der Waals surface area contributed by atoms with Crippen molar-refractivity contribution in [2.45, 2.75) is 27.2 Å². The van der Waals surface area contributed by atoms with E-state index in [2.05, 4.69) is 29.5 Å². The Kier molecular flexibility index (Phi) is 3.55. The fourth-order valence-corrected chi connectivity index (χ4v) is 2.06. The number of nitrogens with zero attached hydrogens (tertiary/aromatic N) is 1. The molecule has 2 rings (SSSR count). The van der Waals surface area contributed by atoms with E-state index < -0.39 is 0 Å². The molecule has 0 aliphatic heterocycles. The monoisotopic (exact) mass is 247 g/mol. The van der Waals surface area contributed by atoms with Gasteiger partial charge in [-0.15, -0.1) is 0 Å². The summed E-state index contributed by atoms with van der Waals surface area (Å²) in [6.45, 7) is 8.07. The summed E-state index contributed by atoms with van der Waals surface area (Å²) >= 11 is 0. The molecule has 1 amide bonds. The SMILES string of the molecule is CCNc1ccc(C(=O)NCC2CC2(C)C)cn1. The zero-order valence-electron chi connectivity index (χ0n) is 11.3. The van der Waals surface area contributed by atoms with E-state index in [1.807, 2.05) is 13.0 Å². The zero-order chi connectivity index (χ0) is 13.2. The fraction of sp³-hybridized carbons (Fsp3) is 0.571. The molecule has 1 aromatic rings. The van der Waals surface area contributed by atoms with Crippen LogP contribution in [0.2, 0.25) is 0 Å². The average Bonchev–Trinajstić information content (AvgIpc) is 2.95. The van der Waals surface area contributed by atoms with Crippen LogP contribution >= 0.6 is 0 Å². The van der Waals surface area contributed by atoms with E-state index in [9.17, 15) is 4.79 Å². The molecule has 1 saturated carbocycles. The first-order chi connectivity index (χ1) is 8.53. The molecule has 0 spiro atoms. The maximum Gasteiger partial charge on any atom is 0.252 e. The van der Waals surface area contributed by atoms with Crippen molar-refractivity contribution in [1.29, 1.82) is 0 Å². The number of carbonyl (C=O) groups excluding carboxylic acids is 1. The van der Waals surface area contributed by atoms with E-state index in [0.717, 1.165) is 18.9 Å². The summed E-state index contributed by atoms with van der Waals surface area (Å²) in [5.74, 6) is 1.39. The van der Waals surface area contributed by atoms with Crippen LogP contribution in [-0.2, 0) is 0 Å². The Balaban J connectivity index is 1.85. The van der Waals surface area contributed by atoms with E-state index in [1.54, 1.807) is 12.3 Å². The standard InChI is InChI=1S/C14H21N3O/c1-4-15-12-6-5-10(8-16-12)13(18)17-9-11-7-14(11,2)3/h5-6,8,11H,4,7,9H2,1-3H3,(H,15,16)(H,17,18). The Hall–Kier alpha value is -1.58. The van der Waals surface area contributed by atoms with Crippen molar-refractivity contribution in [3.8, 4) is 0 Å². The first-order valence-corrected chi connectivity index (χ1v) is 6.51. The summed E-state index contributed by atoms with van der Waals surface area (Å²) in [5, 5.41) is 6.07. The minimum absolute atomic E-state index is 0.0340. The molecule has 0 radical (unpaired) electrons. The molecule has 0 bridgehead atoms. The Morgan fingerprint density at radius 2 is 2.22 bits per heavy atom. The number of hydrogen-bond donors (Lipinski definition) is 2. The van der Waals surface area contributed by atoms with Gasteiger partial charge in [-0.25, -0.2) is 4.98 Å². The third kappa shape index (κ3) is 3.00. The molecular weight excluding hydrogens is 226 g/mol. The summed E-state index contributed by atoms with van der Waals surface area (Å²) in [6.07, 6.45) is 2.82. The maximum absolute atomic E-state index is 11.9. The van der Waals surface area contributed by atoms with Crippen LogP contribution in [0.15, 0.2) is 18.3 Å². The maximum atomic E-state index is 11.9. The quantitative estimate of drug-likeness (QED) is 0.839. The fourth-order valence-electron chi connectivity index (χ4n) is 2.06. The van der Waals surface area contributed by atoms with Gasteiger partial charge in [0, 0.05) is 19.3 Å². The highest BCUT2D eigenvalue weighted by Gasteiger charge is 2.45. The molecule has 0 aromatic carbocycles. The Labute approximate surface area is 108 Å². The van der Waals surface area contributed by atoms with Crippen LogP contribution in [0.5, 0.6) is 0 Å². The molecular formula is C14H21N3O. The molecule has 98 valence electrons. The lowest BCUT2D eigenvalue weighted by atomic mass is 10.1. The Bertz CT molecular complexity index is 425. The average molecular weight is 247 g/mol. The molecule has 4 nitrogen and oxygen atoms in total. The predicted molar refractivity (Wildman–Crippen MR) is 72.6 cm³/mol. The third-order valence-corrected chi connectivity index (χ3v) is 3.61. The molecule has 4 heteroatoms. The molecule has 1 fully saturated rings. The number of pyridine rings is 1. The van der Waals surface area contributed by atoms with Crippen LogP contribution in [0, 0.1) is 11.3 Å². The molecule has 1 atom stereocenters. The normalized spacial score (nSPS) is 20.3. The van der Waals surface area contributed by atoms with Gasteiger partial charge in [0.05, 0.1) is 5.56 Å². The van der Waals surface area contributed by atoms with Crippen LogP contribution in [0.25, 0.3) is 0 Å². The van der Waals surface area contributed by atoms with E-state index in [4.69, 9.17) is 0 Å². The highest BCUT2D eigenvalue weighted by molar-refractivity contribution is 5.94. The lowest BCUT2D eigenvalue weighted by Crippen LogP contribution is -2.26. The zero-order valence-corrected chi connectivity index (χ0v) is 11.3. The number of anilines is 1. The van der Waals surface area contributed by atoms with Crippen molar-refractivity contribution in [3.63, 3.8) is 0 Å². The Morgan fingerprint density at radius 3 is 2.72 bits per heavy atom. The number of amides is 1. The summed E-state index contributed by atoms with van der Waals surface area (Å²) in [6, 6.07) is 3.64. The highest BCUT2D eigenvalue weighted by Crippen LogP contribution is 2.50. The molecule has 0 saturated heterocycles. The van der Waals surface area contributed by atoms with Gasteiger partial charge in [-0.1, -0.05) is 13.8 Å². The largest absolute Gasteiger partial charge is 0.370 e. The van der Waals surface area contributed by atoms with E-state index in [0.29, 0.717) is 16.9 Å². The summed E-state index contributed by atoms with van der Waals surface area (Å²) in [7, 11) is 0. The highest BCUT2D eigenvalue weighted by atomic mass is 16.1. The molecule has 18 heavy (non-hydrogen) atoms. The topological polar surface area (TPSA) is 54.0 Å². The van der Waals surface area contributed by atoms with Crippen LogP contribution in [0.4, 0.5) is 5.82 Å². The van der Waals surface area contributed by atoms with Crippen molar-refractivity contribution in [2.24, 2.45) is 11.3 Å². The van der Waals surface area contributed by atoms with Gasteiger partial charge < -0.3 is 10.6 Å². The third-order valence-electron chi connectivity index (χ3n) is 3.61. The second-order valence-electron chi connectivity index (χ2n) is 5.56. The van der Waals surface area contributed by atoms with Crippen LogP contribution in [-0.4, -0.2) is 24.0 Å². The van der Waals surface area contributed by atoms with Gasteiger partial charge in [-0.2, -0.15) is 0 Å². The number of rotatable bonds is 5. The summed E-state index contributed by atoms with van der Waals surface area (Å²) < 4.78 is 0. The van der Waals surface area contributed by atoms with Gasteiger partial charge in [-0.05, 0) is 36.8 Å². The summed E-state index contributed by atoms with van der Waals surface area (Å²) in [5.41, 5.74) is 1.02. The van der Waals surface area contributed by atoms with Gasteiger partial charge in [0.15, 0.2) is 0 Å². The second kappa shape index (κ2) is 4.96. The second-order valence-corrected chi connectivity index (χ2v) is 5.56. The molecule has 1 aliphatic rings. The number of aromatic nitrogens is 1. The molecule has 1 aromatic heterocycles. The van der Waals surface area contributed by atoms with Crippen molar-refractivity contribution < 1.29 is 4.79 Å². The molecule has 1 heterocycles. The van der Waals surface area contributed by atoms with Crippen molar-refractivity contribution in [1.82, 2.24) is 10.3 Å². The van der Waals surface area contributed by atoms with E-state index in [-0.39, 0.29) is 5.91 Å². The number of carbonyl (C=O) groups is 1. The van der Waals surface area contributed by atoms with Gasteiger partial charge in [0.25, 0.3) is 5.91 Å². The van der Waals surface area contributed by atoms with Crippen molar-refractivity contribution >= 4 is 11.7 Å². The van der Waals surface area contributed by atoms with Gasteiger partial charge in [-0.3, -0.25) is 4.79 Å². The summed E-state index contributed by atoms with van der Waals surface area (Å²) in [4.78, 5) is 16.1. The van der Waals surface area contributed by atoms with E-state index in [1.165, 1.54) is 6.42 Å². The molecule has 1 aliphatic carbocycles. The number of nitrogens with one attached hydrogen (secondary N) is 2. The first kappa shape index (κ1) is 12.9. The van der Waals surface area contributed by atoms with Gasteiger partial charge in [0.1, 0.15) is 5.82 Å². The van der Waals surface area contributed by atoms with Crippen LogP contribution in [0.1, 0.15) is 37.6 Å². The van der Waals surface area contributed by atoms with Gasteiger partial charge in [0.2, 0.25) is 0 Å². The lowest BCUT2D eigenvalue weighted by Gasteiger charge is -2.07. The Morgan fingerprint density at radius 1 is 1.50 bits per heavy atom. The minimum atomic E-state index is -0.0340. The van der Waals surface area contributed by atoms with E-state index >= 15 is 0 Å². The van der Waals surface area contributed by atoms with Crippen LogP contribution < -0.4 is 10.6 Å². The number of hydrogen-bond acceptors (Lipinski definition) is 3. The predicted octanol–water partition coefficient (Wildman–Crippen LogP) is 2.29. The van der Waals surface area contributed by atoms with Crippen molar-refractivity contribution in [3.05, 3.63) is 23.9 Å². The van der Waals surface area contributed by atoms with Crippen LogP contribution in [0.3, 0.4) is 0 Å².